The van der Waals surface area contributed by atoms with Gasteiger partial charge in [0.15, 0.2) is 0 Å². The van der Waals surface area contributed by atoms with Crippen LogP contribution in [0, 0.1) is 0 Å². The molecule has 1 aromatic carbocycles. The zero-order valence-electron chi connectivity index (χ0n) is 10.9. The van der Waals surface area contributed by atoms with Crippen LogP contribution in [0.2, 0.25) is 0 Å². The van der Waals surface area contributed by atoms with Crippen LogP contribution in [-0.2, 0) is 11.8 Å². The van der Waals surface area contributed by atoms with Gasteiger partial charge in [-0.3, -0.25) is 4.68 Å². The van der Waals surface area contributed by atoms with Crippen molar-refractivity contribution in [3.8, 4) is 16.9 Å². The summed E-state index contributed by atoms with van der Waals surface area (Å²) in [6.45, 7) is 1.44. The Kier molecular flexibility index (Phi) is 3.13. The smallest absolute Gasteiger partial charge is 0.129 e. The second-order valence-corrected chi connectivity index (χ2v) is 4.70. The lowest BCUT2D eigenvalue weighted by Gasteiger charge is -2.12. The number of hydrogen-bond acceptors (Lipinski definition) is 4. The van der Waals surface area contributed by atoms with E-state index in [1.807, 2.05) is 31.3 Å². The molecule has 3 rings (SSSR count). The standard InChI is InChI=1S/C14H17N3O2/c1-17-14(15)13(8-16-17)10-3-2-4-11(7-10)19-12-5-6-18-9-12/h2-4,7-8,12H,5-6,9,15H2,1H3. The molecular formula is C14H17N3O2. The van der Waals surface area contributed by atoms with E-state index in [1.54, 1.807) is 10.9 Å². The van der Waals surface area contributed by atoms with Crippen LogP contribution in [0.1, 0.15) is 6.42 Å². The van der Waals surface area contributed by atoms with Gasteiger partial charge in [0.1, 0.15) is 17.7 Å². The number of nitrogen functional groups attached to an aromatic ring is 1. The van der Waals surface area contributed by atoms with Crippen LogP contribution in [0.4, 0.5) is 5.82 Å². The number of aromatic nitrogens is 2. The first kappa shape index (κ1) is 12.0. The molecule has 1 fully saturated rings. The Hall–Kier alpha value is -2.01. The lowest BCUT2D eigenvalue weighted by Crippen LogP contribution is -2.15. The van der Waals surface area contributed by atoms with Crippen molar-refractivity contribution >= 4 is 5.82 Å². The molecule has 0 spiro atoms. The van der Waals surface area contributed by atoms with Crippen LogP contribution in [-0.4, -0.2) is 29.1 Å². The van der Waals surface area contributed by atoms with Crippen molar-refractivity contribution in [3.63, 3.8) is 0 Å². The lowest BCUT2D eigenvalue weighted by atomic mass is 10.1. The van der Waals surface area contributed by atoms with Gasteiger partial charge in [-0.25, -0.2) is 0 Å². The molecule has 5 nitrogen and oxygen atoms in total. The van der Waals surface area contributed by atoms with Gasteiger partial charge in [0, 0.05) is 19.0 Å². The summed E-state index contributed by atoms with van der Waals surface area (Å²) in [4.78, 5) is 0. The number of anilines is 1. The van der Waals surface area contributed by atoms with E-state index in [9.17, 15) is 0 Å². The molecule has 2 N–H and O–H groups in total. The molecule has 0 amide bonds. The summed E-state index contributed by atoms with van der Waals surface area (Å²) in [5, 5.41) is 4.16. The van der Waals surface area contributed by atoms with Crippen LogP contribution in [0.25, 0.3) is 11.1 Å². The minimum absolute atomic E-state index is 0.154. The van der Waals surface area contributed by atoms with E-state index in [-0.39, 0.29) is 6.10 Å². The molecule has 1 atom stereocenters. The first-order chi connectivity index (χ1) is 9.24. The highest BCUT2D eigenvalue weighted by Crippen LogP contribution is 2.28. The van der Waals surface area contributed by atoms with Gasteiger partial charge < -0.3 is 15.2 Å². The average Bonchev–Trinajstić information content (AvgIpc) is 3.02. The second kappa shape index (κ2) is 4.93. The van der Waals surface area contributed by atoms with E-state index >= 15 is 0 Å². The van der Waals surface area contributed by atoms with Crippen LogP contribution >= 0.6 is 0 Å². The van der Waals surface area contributed by atoms with Crippen molar-refractivity contribution in [1.82, 2.24) is 9.78 Å². The third-order valence-electron chi connectivity index (χ3n) is 3.32. The molecule has 0 bridgehead atoms. The van der Waals surface area contributed by atoms with Crippen LogP contribution in [0.15, 0.2) is 30.5 Å². The quantitative estimate of drug-likeness (QED) is 0.913. The molecule has 0 aliphatic carbocycles. The lowest BCUT2D eigenvalue weighted by molar-refractivity contribution is 0.141. The summed E-state index contributed by atoms with van der Waals surface area (Å²) in [6, 6.07) is 7.92. The van der Waals surface area contributed by atoms with E-state index in [2.05, 4.69) is 5.10 Å². The average molecular weight is 259 g/mol. The summed E-state index contributed by atoms with van der Waals surface area (Å²) in [5.41, 5.74) is 7.93. The maximum Gasteiger partial charge on any atom is 0.129 e. The first-order valence-electron chi connectivity index (χ1n) is 6.36. The highest BCUT2D eigenvalue weighted by Gasteiger charge is 2.17. The Morgan fingerprint density at radius 2 is 2.37 bits per heavy atom. The van der Waals surface area contributed by atoms with Gasteiger partial charge in [0.2, 0.25) is 0 Å². The van der Waals surface area contributed by atoms with Gasteiger partial charge in [-0.15, -0.1) is 0 Å². The molecule has 2 aromatic rings. The van der Waals surface area contributed by atoms with Crippen molar-refractivity contribution in [2.24, 2.45) is 7.05 Å². The molecule has 1 unspecified atom stereocenters. The minimum Gasteiger partial charge on any atom is -0.488 e. The largest absolute Gasteiger partial charge is 0.488 e. The fourth-order valence-corrected chi connectivity index (χ4v) is 2.20. The van der Waals surface area contributed by atoms with Gasteiger partial charge in [-0.1, -0.05) is 12.1 Å². The van der Waals surface area contributed by atoms with Crippen LogP contribution < -0.4 is 10.5 Å². The Labute approximate surface area is 111 Å². The van der Waals surface area contributed by atoms with Gasteiger partial charge in [0.25, 0.3) is 0 Å². The third kappa shape index (κ3) is 2.42. The van der Waals surface area contributed by atoms with E-state index in [0.717, 1.165) is 29.9 Å². The highest BCUT2D eigenvalue weighted by atomic mass is 16.5. The predicted molar refractivity (Wildman–Crippen MR) is 72.9 cm³/mol. The summed E-state index contributed by atoms with van der Waals surface area (Å²) in [6.07, 6.45) is 2.87. The third-order valence-corrected chi connectivity index (χ3v) is 3.32. The molecule has 1 saturated heterocycles. The van der Waals surface area contributed by atoms with Crippen LogP contribution in [0.3, 0.4) is 0 Å². The zero-order chi connectivity index (χ0) is 13.2. The number of nitrogens with two attached hydrogens (primary N) is 1. The minimum atomic E-state index is 0.154. The normalized spacial score (nSPS) is 18.7. The molecule has 1 aromatic heterocycles. The molecular weight excluding hydrogens is 242 g/mol. The maximum absolute atomic E-state index is 5.99. The summed E-state index contributed by atoms with van der Waals surface area (Å²) in [7, 11) is 1.83. The van der Waals surface area contributed by atoms with Crippen molar-refractivity contribution in [2.75, 3.05) is 18.9 Å². The Morgan fingerprint density at radius 3 is 3.05 bits per heavy atom. The van der Waals surface area contributed by atoms with E-state index in [1.165, 1.54) is 0 Å². The number of hydrogen-bond donors (Lipinski definition) is 1. The molecule has 100 valence electrons. The van der Waals surface area contributed by atoms with Crippen molar-refractivity contribution in [1.29, 1.82) is 0 Å². The van der Waals surface area contributed by atoms with E-state index < -0.39 is 0 Å². The molecule has 5 heteroatoms. The molecule has 0 saturated carbocycles. The summed E-state index contributed by atoms with van der Waals surface area (Å²) in [5.74, 6) is 1.50. The van der Waals surface area contributed by atoms with Gasteiger partial charge in [0.05, 0.1) is 19.4 Å². The summed E-state index contributed by atoms with van der Waals surface area (Å²) >= 11 is 0. The Balaban J connectivity index is 1.85. The Bertz CT molecular complexity index is 574. The van der Waals surface area contributed by atoms with Crippen molar-refractivity contribution < 1.29 is 9.47 Å². The summed E-state index contributed by atoms with van der Waals surface area (Å²) < 4.78 is 12.9. The predicted octanol–water partition coefficient (Wildman–Crippen LogP) is 1.84. The first-order valence-corrected chi connectivity index (χ1v) is 6.36. The van der Waals surface area contributed by atoms with E-state index in [4.69, 9.17) is 15.2 Å². The highest BCUT2D eigenvalue weighted by molar-refractivity contribution is 5.74. The van der Waals surface area contributed by atoms with Gasteiger partial charge >= 0.3 is 0 Å². The fourth-order valence-electron chi connectivity index (χ4n) is 2.20. The zero-order valence-corrected chi connectivity index (χ0v) is 10.9. The molecule has 0 radical (unpaired) electrons. The molecule has 1 aliphatic rings. The monoisotopic (exact) mass is 259 g/mol. The second-order valence-electron chi connectivity index (χ2n) is 4.70. The van der Waals surface area contributed by atoms with Gasteiger partial charge in [-0.05, 0) is 17.7 Å². The SMILES string of the molecule is Cn1ncc(-c2cccc(OC3CCOC3)c2)c1N. The van der Waals surface area contributed by atoms with Gasteiger partial charge in [-0.2, -0.15) is 5.10 Å². The van der Waals surface area contributed by atoms with Crippen molar-refractivity contribution in [2.45, 2.75) is 12.5 Å². The number of benzene rings is 1. The number of ether oxygens (including phenoxy) is 2. The maximum atomic E-state index is 5.99. The Morgan fingerprint density at radius 1 is 1.47 bits per heavy atom. The fraction of sp³-hybridized carbons (Fsp3) is 0.357. The molecule has 1 aliphatic heterocycles. The van der Waals surface area contributed by atoms with Crippen molar-refractivity contribution in [3.05, 3.63) is 30.5 Å². The topological polar surface area (TPSA) is 62.3 Å². The van der Waals surface area contributed by atoms with Crippen LogP contribution in [0.5, 0.6) is 5.75 Å². The van der Waals surface area contributed by atoms with E-state index in [0.29, 0.717) is 12.4 Å². The number of nitrogens with zero attached hydrogens (tertiary/aromatic N) is 2. The number of aryl methyl sites for hydroxylation is 1. The number of rotatable bonds is 3. The molecule has 19 heavy (non-hydrogen) atoms. The molecule has 2 heterocycles.